The first kappa shape index (κ1) is 13.2. The zero-order valence-corrected chi connectivity index (χ0v) is 10.1. The van der Waals surface area contributed by atoms with Gasteiger partial charge in [0.25, 0.3) is 0 Å². The highest BCUT2D eigenvalue weighted by atomic mass is 19.1. The van der Waals surface area contributed by atoms with Crippen LogP contribution in [-0.4, -0.2) is 22.9 Å². The number of carboxylic acids is 1. The second-order valence-corrected chi connectivity index (χ2v) is 4.27. The van der Waals surface area contributed by atoms with Crippen molar-refractivity contribution in [3.05, 3.63) is 29.6 Å². The third kappa shape index (κ3) is 2.47. The smallest absolute Gasteiger partial charge is 0.337 e. The summed E-state index contributed by atoms with van der Waals surface area (Å²) >= 11 is 0. The van der Waals surface area contributed by atoms with Crippen LogP contribution in [0.15, 0.2) is 18.2 Å². The summed E-state index contributed by atoms with van der Waals surface area (Å²) in [7, 11) is 0. The lowest BCUT2D eigenvalue weighted by molar-refractivity contribution is -0.125. The van der Waals surface area contributed by atoms with E-state index in [-0.39, 0.29) is 18.4 Å². The Hall–Kier alpha value is -2.24. The van der Waals surface area contributed by atoms with Crippen molar-refractivity contribution < 1.29 is 23.9 Å². The number of hydrogen-bond donors (Lipinski definition) is 1. The summed E-state index contributed by atoms with van der Waals surface area (Å²) in [4.78, 5) is 35.6. The van der Waals surface area contributed by atoms with Gasteiger partial charge in [-0.2, -0.15) is 0 Å². The van der Waals surface area contributed by atoms with Gasteiger partial charge in [0.15, 0.2) is 0 Å². The van der Waals surface area contributed by atoms with E-state index in [1.165, 1.54) is 12.1 Å². The highest BCUT2D eigenvalue weighted by Crippen LogP contribution is 2.28. The lowest BCUT2D eigenvalue weighted by Crippen LogP contribution is -2.37. The van der Waals surface area contributed by atoms with Crippen molar-refractivity contribution in [2.75, 3.05) is 4.90 Å². The molecule has 0 bridgehead atoms. The van der Waals surface area contributed by atoms with E-state index in [0.29, 0.717) is 17.7 Å². The summed E-state index contributed by atoms with van der Waals surface area (Å²) in [5, 5.41) is 9.05. The number of para-hydroxylation sites is 1. The minimum Gasteiger partial charge on any atom is -0.478 e. The largest absolute Gasteiger partial charge is 0.478 e. The number of rotatable bonds is 2. The second-order valence-electron chi connectivity index (χ2n) is 4.27. The van der Waals surface area contributed by atoms with Crippen LogP contribution in [0.25, 0.3) is 0 Å². The van der Waals surface area contributed by atoms with Crippen LogP contribution in [0, 0.1) is 5.82 Å². The molecule has 0 atom stereocenters. The summed E-state index contributed by atoms with van der Waals surface area (Å²) in [6.45, 7) is 0. The molecule has 100 valence electrons. The zero-order chi connectivity index (χ0) is 14.0. The Morgan fingerprint density at radius 2 is 1.74 bits per heavy atom. The highest BCUT2D eigenvalue weighted by molar-refractivity contribution is 6.17. The van der Waals surface area contributed by atoms with E-state index in [2.05, 4.69) is 0 Å². The molecule has 1 fully saturated rings. The first-order valence-corrected chi connectivity index (χ1v) is 5.90. The molecular weight excluding hydrogens is 253 g/mol. The van der Waals surface area contributed by atoms with E-state index in [1.807, 2.05) is 0 Å². The zero-order valence-electron chi connectivity index (χ0n) is 10.1. The van der Waals surface area contributed by atoms with Gasteiger partial charge in [0.1, 0.15) is 11.5 Å². The van der Waals surface area contributed by atoms with Crippen molar-refractivity contribution in [1.29, 1.82) is 0 Å². The fourth-order valence-corrected chi connectivity index (χ4v) is 2.08. The van der Waals surface area contributed by atoms with E-state index >= 15 is 0 Å². The van der Waals surface area contributed by atoms with Gasteiger partial charge in [0.2, 0.25) is 11.8 Å². The molecule has 6 heteroatoms. The molecule has 0 aliphatic carbocycles. The molecule has 1 saturated heterocycles. The first-order valence-electron chi connectivity index (χ1n) is 5.90. The van der Waals surface area contributed by atoms with E-state index in [0.717, 1.165) is 6.07 Å². The number of benzene rings is 1. The number of carboxylic acid groups (broad SMARTS) is 1. The van der Waals surface area contributed by atoms with E-state index < -0.39 is 29.3 Å². The molecule has 0 aromatic heterocycles. The Bertz CT molecular complexity index is 538. The van der Waals surface area contributed by atoms with Gasteiger partial charge >= 0.3 is 5.97 Å². The SMILES string of the molecule is O=C(O)c1cccc(F)c1N1C(=O)CCCCC1=O. The van der Waals surface area contributed by atoms with Gasteiger partial charge in [0.05, 0.1) is 5.56 Å². The van der Waals surface area contributed by atoms with Crippen LogP contribution in [0.2, 0.25) is 0 Å². The summed E-state index contributed by atoms with van der Waals surface area (Å²) in [5.74, 6) is -3.38. The van der Waals surface area contributed by atoms with Crippen LogP contribution in [0.4, 0.5) is 10.1 Å². The fourth-order valence-electron chi connectivity index (χ4n) is 2.08. The van der Waals surface area contributed by atoms with Gasteiger partial charge in [-0.1, -0.05) is 6.07 Å². The van der Waals surface area contributed by atoms with Crippen LogP contribution < -0.4 is 4.90 Å². The molecule has 2 amide bonds. The number of halogens is 1. The molecule has 1 aliphatic rings. The summed E-state index contributed by atoms with van der Waals surface area (Å²) < 4.78 is 13.9. The van der Waals surface area contributed by atoms with Gasteiger partial charge in [0, 0.05) is 12.8 Å². The monoisotopic (exact) mass is 265 g/mol. The van der Waals surface area contributed by atoms with Crippen LogP contribution in [0.3, 0.4) is 0 Å². The topological polar surface area (TPSA) is 74.7 Å². The number of anilines is 1. The van der Waals surface area contributed by atoms with Crippen molar-refractivity contribution in [1.82, 2.24) is 0 Å². The quantitative estimate of drug-likeness (QED) is 0.829. The molecule has 1 heterocycles. The Kier molecular flexibility index (Phi) is 3.59. The van der Waals surface area contributed by atoms with Gasteiger partial charge in [-0.15, -0.1) is 0 Å². The predicted octanol–water partition coefficient (Wildman–Crippen LogP) is 1.96. The van der Waals surface area contributed by atoms with Crippen LogP contribution >= 0.6 is 0 Å². The minimum atomic E-state index is -1.38. The second kappa shape index (κ2) is 5.17. The molecule has 0 spiro atoms. The molecule has 1 aromatic rings. The average Bonchev–Trinajstić information content (AvgIpc) is 2.51. The minimum absolute atomic E-state index is 0.110. The number of carbonyl (C=O) groups is 3. The van der Waals surface area contributed by atoms with Crippen molar-refractivity contribution >= 4 is 23.5 Å². The first-order chi connectivity index (χ1) is 9.02. The van der Waals surface area contributed by atoms with Crippen molar-refractivity contribution in [2.45, 2.75) is 25.7 Å². The number of amides is 2. The van der Waals surface area contributed by atoms with Crippen LogP contribution in [0.5, 0.6) is 0 Å². The highest BCUT2D eigenvalue weighted by Gasteiger charge is 2.31. The average molecular weight is 265 g/mol. The van der Waals surface area contributed by atoms with Crippen molar-refractivity contribution in [2.24, 2.45) is 0 Å². The summed E-state index contributed by atoms with van der Waals surface area (Å²) in [5.41, 5.74) is -0.837. The lowest BCUT2D eigenvalue weighted by atomic mass is 10.1. The van der Waals surface area contributed by atoms with E-state index in [4.69, 9.17) is 5.11 Å². The normalized spacial score (nSPS) is 16.4. The predicted molar refractivity (Wildman–Crippen MR) is 64.3 cm³/mol. The number of imide groups is 1. The molecule has 2 rings (SSSR count). The van der Waals surface area contributed by atoms with Crippen LogP contribution in [0.1, 0.15) is 36.0 Å². The number of aromatic carboxylic acids is 1. The molecule has 1 N–H and O–H groups in total. The van der Waals surface area contributed by atoms with Crippen molar-refractivity contribution in [3.8, 4) is 0 Å². The molecular formula is C13H12FNO4. The summed E-state index contributed by atoms with van der Waals surface area (Å²) in [6, 6.07) is 3.44. The Balaban J connectivity index is 2.58. The maximum absolute atomic E-state index is 13.9. The molecule has 0 saturated carbocycles. The van der Waals surface area contributed by atoms with Crippen molar-refractivity contribution in [3.63, 3.8) is 0 Å². The number of nitrogens with zero attached hydrogens (tertiary/aromatic N) is 1. The lowest BCUT2D eigenvalue weighted by Gasteiger charge is -2.21. The standard InChI is InChI=1S/C13H12FNO4/c14-9-5-3-4-8(13(18)19)12(9)15-10(16)6-1-2-7-11(15)17/h3-5H,1-2,6-7H2,(H,18,19). The molecule has 5 nitrogen and oxygen atoms in total. The maximum Gasteiger partial charge on any atom is 0.337 e. The number of carbonyl (C=O) groups excluding carboxylic acids is 2. The van der Waals surface area contributed by atoms with Gasteiger partial charge < -0.3 is 5.11 Å². The fraction of sp³-hybridized carbons (Fsp3) is 0.308. The van der Waals surface area contributed by atoms with Gasteiger partial charge in [-0.3, -0.25) is 9.59 Å². The molecule has 0 unspecified atom stereocenters. The Morgan fingerprint density at radius 3 is 2.26 bits per heavy atom. The van der Waals surface area contributed by atoms with Crippen LogP contribution in [-0.2, 0) is 9.59 Å². The molecule has 0 radical (unpaired) electrons. The van der Waals surface area contributed by atoms with Gasteiger partial charge in [-0.05, 0) is 25.0 Å². The third-order valence-electron chi connectivity index (χ3n) is 2.97. The Morgan fingerprint density at radius 1 is 1.16 bits per heavy atom. The van der Waals surface area contributed by atoms with Gasteiger partial charge in [-0.25, -0.2) is 14.1 Å². The maximum atomic E-state index is 13.9. The Labute approximate surface area is 108 Å². The molecule has 1 aromatic carbocycles. The molecule has 19 heavy (non-hydrogen) atoms. The van der Waals surface area contributed by atoms with E-state index in [9.17, 15) is 18.8 Å². The number of hydrogen-bond acceptors (Lipinski definition) is 3. The van der Waals surface area contributed by atoms with E-state index in [1.54, 1.807) is 0 Å². The summed E-state index contributed by atoms with van der Waals surface area (Å²) in [6.07, 6.45) is 1.30. The molecule has 1 aliphatic heterocycles. The third-order valence-corrected chi connectivity index (χ3v) is 2.97.